The highest BCUT2D eigenvalue weighted by Crippen LogP contribution is 2.28. The summed E-state index contributed by atoms with van der Waals surface area (Å²) in [6, 6.07) is 9.49. The SMILES string of the molecule is CCNC(CN1CCCC1C)c1ccccc1OCC. The maximum absolute atomic E-state index is 5.80. The molecule has 1 aromatic rings. The molecular weight excluding hydrogens is 248 g/mol. The van der Waals surface area contributed by atoms with Crippen molar-refractivity contribution in [1.29, 1.82) is 0 Å². The summed E-state index contributed by atoms with van der Waals surface area (Å²) in [5, 5.41) is 3.62. The third kappa shape index (κ3) is 3.74. The van der Waals surface area contributed by atoms with Gasteiger partial charge in [-0.2, -0.15) is 0 Å². The van der Waals surface area contributed by atoms with Crippen LogP contribution in [0, 0.1) is 0 Å². The molecule has 0 aromatic heterocycles. The summed E-state index contributed by atoms with van der Waals surface area (Å²) in [5.41, 5.74) is 1.29. The number of benzene rings is 1. The van der Waals surface area contributed by atoms with E-state index >= 15 is 0 Å². The molecule has 2 rings (SSSR count). The number of nitrogens with one attached hydrogen (secondary N) is 1. The zero-order chi connectivity index (χ0) is 14.4. The second kappa shape index (κ2) is 7.65. The molecule has 3 heteroatoms. The lowest BCUT2D eigenvalue weighted by atomic mass is 10.0. The van der Waals surface area contributed by atoms with Gasteiger partial charge in [-0.15, -0.1) is 0 Å². The van der Waals surface area contributed by atoms with E-state index in [9.17, 15) is 0 Å². The van der Waals surface area contributed by atoms with Crippen LogP contribution in [-0.2, 0) is 0 Å². The van der Waals surface area contributed by atoms with Crippen molar-refractivity contribution in [3.8, 4) is 5.75 Å². The summed E-state index contributed by atoms with van der Waals surface area (Å²) in [6.07, 6.45) is 2.65. The Morgan fingerprint density at radius 2 is 2.15 bits per heavy atom. The van der Waals surface area contributed by atoms with Crippen LogP contribution in [0.25, 0.3) is 0 Å². The standard InChI is InChI=1S/C17H28N2O/c1-4-18-16(13-19-12-8-9-14(19)3)15-10-6-7-11-17(15)20-5-2/h6-7,10-11,14,16,18H,4-5,8-9,12-13H2,1-3H3. The Hall–Kier alpha value is -1.06. The van der Waals surface area contributed by atoms with E-state index in [-0.39, 0.29) is 0 Å². The Morgan fingerprint density at radius 1 is 1.35 bits per heavy atom. The summed E-state index contributed by atoms with van der Waals surface area (Å²) in [7, 11) is 0. The smallest absolute Gasteiger partial charge is 0.124 e. The molecule has 20 heavy (non-hydrogen) atoms. The highest BCUT2D eigenvalue weighted by molar-refractivity contribution is 5.36. The molecule has 1 saturated heterocycles. The molecule has 0 amide bonds. The molecule has 1 heterocycles. The van der Waals surface area contributed by atoms with E-state index in [1.165, 1.54) is 24.9 Å². The lowest BCUT2D eigenvalue weighted by Gasteiger charge is -2.28. The molecule has 1 aliphatic heterocycles. The fourth-order valence-electron chi connectivity index (χ4n) is 3.07. The van der Waals surface area contributed by atoms with Crippen LogP contribution >= 0.6 is 0 Å². The van der Waals surface area contributed by atoms with Crippen molar-refractivity contribution in [3.63, 3.8) is 0 Å². The molecule has 112 valence electrons. The van der Waals surface area contributed by atoms with Crippen LogP contribution in [0.3, 0.4) is 0 Å². The third-order valence-electron chi connectivity index (χ3n) is 4.15. The van der Waals surface area contributed by atoms with Crippen LogP contribution in [0.15, 0.2) is 24.3 Å². The van der Waals surface area contributed by atoms with Gasteiger partial charge in [0.15, 0.2) is 0 Å². The zero-order valence-electron chi connectivity index (χ0n) is 13.1. The molecular formula is C17H28N2O. The molecule has 3 nitrogen and oxygen atoms in total. The minimum Gasteiger partial charge on any atom is -0.494 e. The highest BCUT2D eigenvalue weighted by Gasteiger charge is 2.25. The van der Waals surface area contributed by atoms with Crippen LogP contribution in [0.1, 0.15) is 45.2 Å². The van der Waals surface area contributed by atoms with E-state index in [0.717, 1.165) is 25.4 Å². The van der Waals surface area contributed by atoms with E-state index in [2.05, 4.69) is 48.3 Å². The molecule has 0 spiro atoms. The van der Waals surface area contributed by atoms with Crippen LogP contribution in [0.2, 0.25) is 0 Å². The molecule has 1 N–H and O–H groups in total. The molecule has 1 aromatic carbocycles. The second-order valence-electron chi connectivity index (χ2n) is 5.57. The predicted molar refractivity (Wildman–Crippen MR) is 84.3 cm³/mol. The van der Waals surface area contributed by atoms with E-state index in [0.29, 0.717) is 12.1 Å². The van der Waals surface area contributed by atoms with Crippen molar-refractivity contribution in [2.45, 2.75) is 45.7 Å². The summed E-state index contributed by atoms with van der Waals surface area (Å²) >= 11 is 0. The van der Waals surface area contributed by atoms with Crippen molar-refractivity contribution in [2.75, 3.05) is 26.2 Å². The Morgan fingerprint density at radius 3 is 2.80 bits per heavy atom. The fraction of sp³-hybridized carbons (Fsp3) is 0.647. The maximum atomic E-state index is 5.80. The molecule has 2 unspecified atom stereocenters. The quantitative estimate of drug-likeness (QED) is 0.827. The summed E-state index contributed by atoms with van der Waals surface area (Å²) < 4.78 is 5.80. The van der Waals surface area contributed by atoms with Gasteiger partial charge in [-0.1, -0.05) is 25.1 Å². The van der Waals surface area contributed by atoms with Gasteiger partial charge in [0.25, 0.3) is 0 Å². The van der Waals surface area contributed by atoms with Crippen molar-refractivity contribution in [3.05, 3.63) is 29.8 Å². The van der Waals surface area contributed by atoms with Gasteiger partial charge in [-0.25, -0.2) is 0 Å². The highest BCUT2D eigenvalue weighted by atomic mass is 16.5. The van der Waals surface area contributed by atoms with E-state index < -0.39 is 0 Å². The number of likely N-dealkylation sites (tertiary alicyclic amines) is 1. The number of ether oxygens (including phenoxy) is 1. The number of hydrogen-bond acceptors (Lipinski definition) is 3. The van der Waals surface area contributed by atoms with Crippen molar-refractivity contribution >= 4 is 0 Å². The first-order chi connectivity index (χ1) is 9.76. The number of likely N-dealkylation sites (N-methyl/N-ethyl adjacent to an activating group) is 1. The molecule has 0 saturated carbocycles. The molecule has 1 aliphatic rings. The first-order valence-electron chi connectivity index (χ1n) is 7.95. The van der Waals surface area contributed by atoms with Crippen LogP contribution in [-0.4, -0.2) is 37.2 Å². The molecule has 0 radical (unpaired) electrons. The Balaban J connectivity index is 2.14. The summed E-state index contributed by atoms with van der Waals surface area (Å²) in [4.78, 5) is 2.59. The topological polar surface area (TPSA) is 24.5 Å². The average molecular weight is 276 g/mol. The van der Waals surface area contributed by atoms with Gasteiger partial charge in [0.2, 0.25) is 0 Å². The van der Waals surface area contributed by atoms with E-state index in [4.69, 9.17) is 4.74 Å². The second-order valence-corrected chi connectivity index (χ2v) is 5.57. The van der Waals surface area contributed by atoms with Gasteiger partial charge >= 0.3 is 0 Å². The van der Waals surface area contributed by atoms with Gasteiger partial charge in [-0.3, -0.25) is 4.90 Å². The van der Waals surface area contributed by atoms with Crippen molar-refractivity contribution in [1.82, 2.24) is 10.2 Å². The van der Waals surface area contributed by atoms with Gasteiger partial charge < -0.3 is 10.1 Å². The van der Waals surface area contributed by atoms with Crippen LogP contribution in [0.5, 0.6) is 5.75 Å². The van der Waals surface area contributed by atoms with Gasteiger partial charge in [0.1, 0.15) is 5.75 Å². The minimum atomic E-state index is 0.350. The minimum absolute atomic E-state index is 0.350. The molecule has 1 fully saturated rings. The van der Waals surface area contributed by atoms with Gasteiger partial charge in [0.05, 0.1) is 6.61 Å². The van der Waals surface area contributed by atoms with Crippen LogP contribution in [0.4, 0.5) is 0 Å². The lowest BCUT2D eigenvalue weighted by Crippen LogP contribution is -2.37. The largest absolute Gasteiger partial charge is 0.494 e. The third-order valence-corrected chi connectivity index (χ3v) is 4.15. The van der Waals surface area contributed by atoms with Gasteiger partial charge in [-0.05, 0) is 45.8 Å². The first-order valence-corrected chi connectivity index (χ1v) is 7.95. The lowest BCUT2D eigenvalue weighted by molar-refractivity contribution is 0.234. The van der Waals surface area contributed by atoms with Crippen molar-refractivity contribution in [2.24, 2.45) is 0 Å². The fourth-order valence-corrected chi connectivity index (χ4v) is 3.07. The zero-order valence-corrected chi connectivity index (χ0v) is 13.1. The molecule has 0 aliphatic carbocycles. The predicted octanol–water partition coefficient (Wildman–Crippen LogP) is 3.22. The average Bonchev–Trinajstić information content (AvgIpc) is 2.85. The Bertz CT molecular complexity index is 408. The Labute approximate surface area is 123 Å². The van der Waals surface area contributed by atoms with Crippen molar-refractivity contribution < 1.29 is 4.74 Å². The number of para-hydroxylation sites is 1. The van der Waals surface area contributed by atoms with Crippen LogP contribution < -0.4 is 10.1 Å². The first kappa shape index (κ1) is 15.3. The van der Waals surface area contributed by atoms with Gasteiger partial charge in [0, 0.05) is 24.2 Å². The molecule has 0 bridgehead atoms. The number of nitrogens with zero attached hydrogens (tertiary/aromatic N) is 1. The summed E-state index contributed by atoms with van der Waals surface area (Å²) in [6.45, 7) is 10.5. The van der Waals surface area contributed by atoms with E-state index in [1.54, 1.807) is 0 Å². The summed E-state index contributed by atoms with van der Waals surface area (Å²) in [5.74, 6) is 1.02. The molecule has 2 atom stereocenters. The number of rotatable bonds is 7. The Kier molecular flexibility index (Phi) is 5.86. The monoisotopic (exact) mass is 276 g/mol. The normalized spacial score (nSPS) is 21.1. The van der Waals surface area contributed by atoms with E-state index in [1.807, 2.05) is 6.92 Å². The maximum Gasteiger partial charge on any atom is 0.124 e. The number of hydrogen-bond donors (Lipinski definition) is 1.